The van der Waals surface area contributed by atoms with Crippen LogP contribution in [-0.2, 0) is 4.79 Å². The summed E-state index contributed by atoms with van der Waals surface area (Å²) in [7, 11) is 0. The van der Waals surface area contributed by atoms with Crippen molar-refractivity contribution in [1.82, 2.24) is 4.98 Å². The number of aromatic nitrogens is 1. The maximum Gasteiger partial charge on any atom is 0.267 e. The van der Waals surface area contributed by atoms with Crippen LogP contribution in [0.15, 0.2) is 48.3 Å². The molecule has 0 atom stereocenters. The first-order valence-corrected chi connectivity index (χ1v) is 7.25. The Bertz CT molecular complexity index is 808. The monoisotopic (exact) mass is 326 g/mol. The van der Waals surface area contributed by atoms with Crippen LogP contribution >= 0.6 is 11.6 Å². The molecule has 0 bridgehead atoms. The molecule has 0 spiro atoms. The Kier molecular flexibility index (Phi) is 5.34. The Morgan fingerprint density at radius 1 is 1.30 bits per heavy atom. The maximum absolute atomic E-state index is 12.2. The van der Waals surface area contributed by atoms with E-state index in [0.29, 0.717) is 16.5 Å². The van der Waals surface area contributed by atoms with Crippen LogP contribution in [0.2, 0.25) is 5.02 Å². The summed E-state index contributed by atoms with van der Waals surface area (Å²) in [4.78, 5) is 16.3. The van der Waals surface area contributed by atoms with Gasteiger partial charge in [-0.25, -0.2) is 4.98 Å². The molecule has 0 unspecified atom stereocenters. The van der Waals surface area contributed by atoms with Gasteiger partial charge in [0.2, 0.25) is 0 Å². The Morgan fingerprint density at radius 2 is 2.09 bits per heavy atom. The van der Waals surface area contributed by atoms with Crippen molar-refractivity contribution in [2.45, 2.75) is 13.8 Å². The van der Waals surface area contributed by atoms with Crippen LogP contribution in [-0.4, -0.2) is 10.9 Å². The van der Waals surface area contributed by atoms with Crippen molar-refractivity contribution in [2.24, 2.45) is 0 Å². The Balaban J connectivity index is 2.16. The van der Waals surface area contributed by atoms with E-state index in [9.17, 15) is 10.1 Å². The van der Waals surface area contributed by atoms with E-state index < -0.39 is 5.91 Å². The number of amides is 1. The van der Waals surface area contributed by atoms with Crippen LogP contribution in [0.5, 0.6) is 0 Å². The van der Waals surface area contributed by atoms with Crippen LogP contribution < -0.4 is 10.6 Å². The van der Waals surface area contributed by atoms with Gasteiger partial charge in [0.25, 0.3) is 5.91 Å². The molecule has 1 aromatic heterocycles. The zero-order valence-corrected chi connectivity index (χ0v) is 13.5. The third-order valence-corrected chi connectivity index (χ3v) is 3.65. The van der Waals surface area contributed by atoms with Gasteiger partial charge in [0.05, 0.1) is 0 Å². The third kappa shape index (κ3) is 4.09. The number of nitrogens with zero attached hydrogens (tertiary/aromatic N) is 2. The molecule has 2 rings (SSSR count). The van der Waals surface area contributed by atoms with Gasteiger partial charge in [-0.2, -0.15) is 5.26 Å². The van der Waals surface area contributed by atoms with Gasteiger partial charge in [0.1, 0.15) is 17.5 Å². The molecule has 0 radical (unpaired) electrons. The molecule has 1 amide bonds. The zero-order valence-electron chi connectivity index (χ0n) is 12.7. The molecule has 0 fully saturated rings. The number of nitrogens with one attached hydrogen (secondary N) is 2. The minimum atomic E-state index is -0.515. The van der Waals surface area contributed by atoms with E-state index in [4.69, 9.17) is 11.6 Å². The van der Waals surface area contributed by atoms with Gasteiger partial charge < -0.3 is 10.6 Å². The highest BCUT2D eigenvalue weighted by Gasteiger charge is 2.12. The molecule has 2 aromatic rings. The lowest BCUT2D eigenvalue weighted by Crippen LogP contribution is -2.15. The molecule has 0 aliphatic heterocycles. The van der Waals surface area contributed by atoms with E-state index in [1.165, 1.54) is 6.20 Å². The number of halogens is 1. The molecular weight excluding hydrogens is 312 g/mol. The summed E-state index contributed by atoms with van der Waals surface area (Å²) in [5.74, 6) is 0.0749. The summed E-state index contributed by atoms with van der Waals surface area (Å²) in [5, 5.41) is 15.3. The SMILES string of the molecule is Cc1cccnc1N/C=C(/C#N)C(=O)Nc1cccc(Cl)c1C. The highest BCUT2D eigenvalue weighted by Crippen LogP contribution is 2.23. The van der Waals surface area contributed by atoms with E-state index >= 15 is 0 Å². The fourth-order valence-corrected chi connectivity index (χ4v) is 2.03. The van der Waals surface area contributed by atoms with Crippen molar-refractivity contribution >= 4 is 29.0 Å². The second-order valence-corrected chi connectivity index (χ2v) is 5.26. The highest BCUT2D eigenvalue weighted by atomic mass is 35.5. The fraction of sp³-hybridized carbons (Fsp3) is 0.118. The van der Waals surface area contributed by atoms with Crippen LogP contribution in [0.3, 0.4) is 0 Å². The first kappa shape index (κ1) is 16.5. The quantitative estimate of drug-likeness (QED) is 0.661. The minimum absolute atomic E-state index is 0.0607. The van der Waals surface area contributed by atoms with Gasteiger partial charge >= 0.3 is 0 Å². The molecule has 1 aromatic carbocycles. The highest BCUT2D eigenvalue weighted by molar-refractivity contribution is 6.31. The molecule has 5 nitrogen and oxygen atoms in total. The number of hydrogen-bond acceptors (Lipinski definition) is 4. The number of rotatable bonds is 4. The second-order valence-electron chi connectivity index (χ2n) is 4.85. The van der Waals surface area contributed by atoms with Gasteiger partial charge in [-0.3, -0.25) is 4.79 Å². The van der Waals surface area contributed by atoms with E-state index in [1.807, 2.05) is 25.1 Å². The first-order chi connectivity index (χ1) is 11.0. The minimum Gasteiger partial charge on any atom is -0.345 e. The van der Waals surface area contributed by atoms with Crippen LogP contribution in [0.4, 0.5) is 11.5 Å². The number of nitriles is 1. The van der Waals surface area contributed by atoms with Crippen molar-refractivity contribution in [3.63, 3.8) is 0 Å². The summed E-state index contributed by atoms with van der Waals surface area (Å²) >= 11 is 6.02. The largest absolute Gasteiger partial charge is 0.345 e. The average molecular weight is 327 g/mol. The molecule has 1 heterocycles. The van der Waals surface area contributed by atoms with Crippen LogP contribution in [0.1, 0.15) is 11.1 Å². The topological polar surface area (TPSA) is 77.8 Å². The molecule has 0 aliphatic carbocycles. The number of hydrogen-bond donors (Lipinski definition) is 2. The van der Waals surface area contributed by atoms with E-state index in [-0.39, 0.29) is 5.57 Å². The molecule has 0 aliphatic rings. The molecule has 6 heteroatoms. The van der Waals surface area contributed by atoms with Gasteiger partial charge in [-0.1, -0.05) is 23.7 Å². The lowest BCUT2D eigenvalue weighted by atomic mass is 10.2. The molecule has 116 valence electrons. The predicted octanol–water partition coefficient (Wildman–Crippen LogP) is 3.81. The number of anilines is 2. The number of pyridine rings is 1. The van der Waals surface area contributed by atoms with Gasteiger partial charge in [-0.15, -0.1) is 0 Å². The summed E-state index contributed by atoms with van der Waals surface area (Å²) in [5.41, 5.74) is 2.16. The molecular formula is C17H15ClN4O. The fourth-order valence-electron chi connectivity index (χ4n) is 1.86. The van der Waals surface area contributed by atoms with Crippen molar-refractivity contribution < 1.29 is 4.79 Å². The number of aryl methyl sites for hydroxylation is 1. The lowest BCUT2D eigenvalue weighted by molar-refractivity contribution is -0.112. The lowest BCUT2D eigenvalue weighted by Gasteiger charge is -2.09. The Labute approximate surface area is 139 Å². The van der Waals surface area contributed by atoms with Gasteiger partial charge in [0, 0.05) is 23.1 Å². The van der Waals surface area contributed by atoms with Crippen molar-refractivity contribution in [3.8, 4) is 6.07 Å². The van der Waals surface area contributed by atoms with Crippen molar-refractivity contribution in [1.29, 1.82) is 5.26 Å². The first-order valence-electron chi connectivity index (χ1n) is 6.88. The predicted molar refractivity (Wildman–Crippen MR) is 91.1 cm³/mol. The molecule has 23 heavy (non-hydrogen) atoms. The average Bonchev–Trinajstić information content (AvgIpc) is 2.54. The third-order valence-electron chi connectivity index (χ3n) is 3.24. The Morgan fingerprint density at radius 3 is 2.78 bits per heavy atom. The Hall–Kier alpha value is -2.84. The smallest absolute Gasteiger partial charge is 0.267 e. The summed E-state index contributed by atoms with van der Waals surface area (Å²) in [6.45, 7) is 3.67. The van der Waals surface area contributed by atoms with Crippen LogP contribution in [0.25, 0.3) is 0 Å². The summed E-state index contributed by atoms with van der Waals surface area (Å²) < 4.78 is 0. The van der Waals surface area contributed by atoms with Crippen molar-refractivity contribution in [2.75, 3.05) is 10.6 Å². The van der Waals surface area contributed by atoms with E-state index in [2.05, 4.69) is 15.6 Å². The zero-order chi connectivity index (χ0) is 16.8. The maximum atomic E-state index is 12.2. The van der Waals surface area contributed by atoms with Crippen molar-refractivity contribution in [3.05, 3.63) is 64.5 Å². The molecule has 0 saturated heterocycles. The number of carbonyl (C=O) groups excluding carboxylic acids is 1. The van der Waals surface area contributed by atoms with Crippen LogP contribution in [0, 0.1) is 25.2 Å². The van der Waals surface area contributed by atoms with Gasteiger partial charge in [-0.05, 0) is 43.2 Å². The molecule has 2 N–H and O–H groups in total. The van der Waals surface area contributed by atoms with E-state index in [0.717, 1.165) is 11.1 Å². The van der Waals surface area contributed by atoms with Gasteiger partial charge in [0.15, 0.2) is 0 Å². The normalized spacial score (nSPS) is 10.8. The second kappa shape index (κ2) is 7.43. The molecule has 0 saturated carbocycles. The number of benzene rings is 1. The standard InChI is InChI=1S/C17H15ClN4O/c1-11-5-4-8-20-16(11)21-10-13(9-19)17(23)22-15-7-3-6-14(18)12(15)2/h3-8,10H,1-2H3,(H,20,21)(H,22,23)/b13-10-. The summed E-state index contributed by atoms with van der Waals surface area (Å²) in [6.07, 6.45) is 2.97. The summed E-state index contributed by atoms with van der Waals surface area (Å²) in [6, 6.07) is 10.8. The number of carbonyl (C=O) groups is 1. The van der Waals surface area contributed by atoms with E-state index in [1.54, 1.807) is 31.3 Å².